The summed E-state index contributed by atoms with van der Waals surface area (Å²) in [5.41, 5.74) is 12.8. The van der Waals surface area contributed by atoms with E-state index in [9.17, 15) is 19.8 Å². The first-order valence-electron chi connectivity index (χ1n) is 20.0. The Labute approximate surface area is 348 Å². The van der Waals surface area contributed by atoms with Crippen molar-refractivity contribution < 1.29 is 19.8 Å². The van der Waals surface area contributed by atoms with E-state index in [1.807, 2.05) is 91.0 Å². The molecule has 0 saturated carbocycles. The number of Topliss-reactive ketones (excluding diaryl/α,β-unsaturated/α-hetero) is 1. The predicted octanol–water partition coefficient (Wildman–Crippen LogP) is 11.3. The Morgan fingerprint density at radius 1 is 0.433 bits per heavy atom. The first kappa shape index (κ1) is 36.6. The number of carbonyl (C=O) groups excluding carboxylic acids is 2. The molecule has 8 aromatic carbocycles. The fourth-order valence-corrected chi connectivity index (χ4v) is 9.92. The minimum absolute atomic E-state index is 0.00679. The monoisotopic (exact) mass is 780 g/mol. The van der Waals surface area contributed by atoms with Crippen LogP contribution < -0.4 is 10.6 Å². The van der Waals surface area contributed by atoms with Gasteiger partial charge in [-0.05, 0) is 110 Å². The molecule has 0 heterocycles. The van der Waals surface area contributed by atoms with Gasteiger partial charge in [-0.3, -0.25) is 9.59 Å². The normalized spacial score (nSPS) is 13.7. The number of nitrogens with one attached hydrogen (secondary N) is 2. The second kappa shape index (κ2) is 14.0. The molecule has 0 bridgehead atoms. The third-order valence-corrected chi connectivity index (χ3v) is 12.6. The molecule has 290 valence electrons. The summed E-state index contributed by atoms with van der Waals surface area (Å²) >= 11 is 0. The number of amides is 1. The second-order valence-electron chi connectivity index (χ2n) is 15.6. The lowest BCUT2D eigenvalue weighted by Gasteiger charge is -2.34. The van der Waals surface area contributed by atoms with Crippen molar-refractivity contribution in [3.8, 4) is 33.8 Å². The highest BCUT2D eigenvalue weighted by atomic mass is 16.3. The van der Waals surface area contributed by atoms with Gasteiger partial charge >= 0.3 is 0 Å². The molecular weight excluding hydrogens is 741 g/mol. The van der Waals surface area contributed by atoms with Crippen LogP contribution in [0.15, 0.2) is 182 Å². The van der Waals surface area contributed by atoms with Gasteiger partial charge in [0, 0.05) is 18.2 Å². The van der Waals surface area contributed by atoms with Gasteiger partial charge in [0.1, 0.15) is 11.5 Å². The summed E-state index contributed by atoms with van der Waals surface area (Å²) in [4.78, 5) is 26.3. The van der Waals surface area contributed by atoms with Crippen molar-refractivity contribution in [2.45, 2.75) is 17.8 Å². The maximum absolute atomic E-state index is 14.0. The highest BCUT2D eigenvalue weighted by molar-refractivity contribution is 6.05. The van der Waals surface area contributed by atoms with Crippen molar-refractivity contribution in [2.75, 3.05) is 17.7 Å². The predicted molar refractivity (Wildman–Crippen MR) is 238 cm³/mol. The minimum Gasteiger partial charge on any atom is -0.506 e. The van der Waals surface area contributed by atoms with Crippen LogP contribution in [0.3, 0.4) is 0 Å². The molecule has 4 N–H and O–H groups in total. The van der Waals surface area contributed by atoms with E-state index in [0.717, 1.165) is 66.8 Å². The zero-order valence-electron chi connectivity index (χ0n) is 33.0. The Morgan fingerprint density at radius 3 is 1.17 bits per heavy atom. The van der Waals surface area contributed by atoms with E-state index in [4.69, 9.17) is 0 Å². The van der Waals surface area contributed by atoms with Crippen molar-refractivity contribution in [3.05, 3.63) is 238 Å². The molecule has 6 nitrogen and oxygen atoms in total. The molecule has 0 aliphatic heterocycles. The molecule has 10 rings (SSSR count). The molecule has 60 heavy (non-hydrogen) atoms. The number of ketones is 1. The molecular formula is C54H40N2O4. The largest absolute Gasteiger partial charge is 0.506 e. The molecule has 2 aliphatic carbocycles. The van der Waals surface area contributed by atoms with Crippen LogP contribution in [0.5, 0.6) is 11.5 Å². The quantitative estimate of drug-likeness (QED) is 0.0909. The van der Waals surface area contributed by atoms with E-state index in [1.54, 1.807) is 32.2 Å². The highest BCUT2D eigenvalue weighted by Crippen LogP contribution is 2.58. The molecule has 0 fully saturated rings. The number of fused-ring (bicyclic) bond motifs is 6. The maximum Gasteiger partial charge on any atom is 0.255 e. The number of phenolic OH excluding ortho intramolecular Hbond substituents is 2. The van der Waals surface area contributed by atoms with Gasteiger partial charge in [-0.15, -0.1) is 0 Å². The van der Waals surface area contributed by atoms with Crippen molar-refractivity contribution >= 4 is 23.1 Å². The van der Waals surface area contributed by atoms with E-state index in [1.165, 1.54) is 0 Å². The maximum atomic E-state index is 14.0. The Hall–Kier alpha value is -7.70. The number of rotatable bonds is 8. The third-order valence-electron chi connectivity index (χ3n) is 12.6. The lowest BCUT2D eigenvalue weighted by atomic mass is 9.67. The van der Waals surface area contributed by atoms with E-state index in [0.29, 0.717) is 16.8 Å². The lowest BCUT2D eigenvalue weighted by Crippen LogP contribution is -2.29. The van der Waals surface area contributed by atoms with Crippen LogP contribution in [-0.2, 0) is 10.8 Å². The molecule has 0 radical (unpaired) electrons. The summed E-state index contributed by atoms with van der Waals surface area (Å²) in [5, 5.41) is 28.9. The standard InChI is InChI=1S/C54H40N2O4/c1-33(57)34-19-23-36(24-20-34)53(44-15-7-3-11-40(44)41-12-4-8-16-45(41)53)37-25-21-35(22-26-37)52(60)56-49-30-28-39(32-51(49)59)54(38-27-29-48(55-2)50(58)31-38)46-17-9-5-13-42(46)43-14-6-10-18-47(43)54/h3-32,55,58-59H,1-2H3,(H,56,60). The molecule has 2 aliphatic rings. The van der Waals surface area contributed by atoms with Crippen LogP contribution >= 0.6 is 0 Å². The summed E-state index contributed by atoms with van der Waals surface area (Å²) in [6.07, 6.45) is 0. The minimum atomic E-state index is -0.868. The summed E-state index contributed by atoms with van der Waals surface area (Å²) < 4.78 is 0. The number of anilines is 2. The highest BCUT2D eigenvalue weighted by Gasteiger charge is 2.47. The second-order valence-corrected chi connectivity index (χ2v) is 15.6. The average Bonchev–Trinajstić information content (AvgIpc) is 3.76. The Bertz CT molecular complexity index is 2930. The molecule has 0 unspecified atom stereocenters. The van der Waals surface area contributed by atoms with Crippen LogP contribution in [0.1, 0.15) is 72.1 Å². The van der Waals surface area contributed by atoms with Gasteiger partial charge in [-0.25, -0.2) is 0 Å². The van der Waals surface area contributed by atoms with E-state index in [2.05, 4.69) is 83.4 Å². The van der Waals surface area contributed by atoms with Gasteiger partial charge in [0.05, 0.1) is 22.2 Å². The molecule has 8 aromatic rings. The van der Waals surface area contributed by atoms with Crippen LogP contribution in [0.4, 0.5) is 11.4 Å². The summed E-state index contributed by atoms with van der Waals surface area (Å²) in [7, 11) is 1.77. The molecule has 0 aromatic heterocycles. The fraction of sp³-hybridized carbons (Fsp3) is 0.0741. The fourth-order valence-electron chi connectivity index (χ4n) is 9.92. The lowest BCUT2D eigenvalue weighted by molar-refractivity contribution is 0.101. The Balaban J connectivity index is 1.03. The molecule has 1 amide bonds. The molecule has 0 atom stereocenters. The van der Waals surface area contributed by atoms with Gasteiger partial charge in [0.2, 0.25) is 0 Å². The van der Waals surface area contributed by atoms with Gasteiger partial charge in [0.25, 0.3) is 5.91 Å². The molecule has 6 heteroatoms. The van der Waals surface area contributed by atoms with E-state index >= 15 is 0 Å². The van der Waals surface area contributed by atoms with Gasteiger partial charge < -0.3 is 20.8 Å². The zero-order chi connectivity index (χ0) is 41.2. The molecule has 0 saturated heterocycles. The third kappa shape index (κ3) is 5.27. The van der Waals surface area contributed by atoms with Crippen molar-refractivity contribution in [3.63, 3.8) is 0 Å². The molecule has 0 spiro atoms. The number of hydrogen-bond acceptors (Lipinski definition) is 5. The number of hydrogen-bond donors (Lipinski definition) is 4. The Morgan fingerprint density at radius 2 is 0.783 bits per heavy atom. The number of benzene rings is 8. The summed E-state index contributed by atoms with van der Waals surface area (Å²) in [6, 6.07) is 59.9. The van der Waals surface area contributed by atoms with Gasteiger partial charge in [0.15, 0.2) is 5.78 Å². The van der Waals surface area contributed by atoms with Crippen molar-refractivity contribution in [1.82, 2.24) is 0 Å². The number of aromatic hydroxyl groups is 2. The van der Waals surface area contributed by atoms with Gasteiger partial charge in [-0.1, -0.05) is 146 Å². The first-order chi connectivity index (χ1) is 29.3. The summed E-state index contributed by atoms with van der Waals surface area (Å²) in [5.74, 6) is -0.321. The van der Waals surface area contributed by atoms with Crippen molar-refractivity contribution in [2.24, 2.45) is 0 Å². The topological polar surface area (TPSA) is 98.7 Å². The van der Waals surface area contributed by atoms with Crippen LogP contribution in [-0.4, -0.2) is 29.0 Å². The zero-order valence-corrected chi connectivity index (χ0v) is 33.0. The van der Waals surface area contributed by atoms with Crippen LogP contribution in [0, 0.1) is 0 Å². The average molecular weight is 781 g/mol. The number of phenols is 2. The van der Waals surface area contributed by atoms with Crippen molar-refractivity contribution in [1.29, 1.82) is 0 Å². The smallest absolute Gasteiger partial charge is 0.255 e. The SMILES string of the molecule is CNc1ccc(C2(c3ccc(NC(=O)c4ccc(C5(c6ccc(C(C)=O)cc6)c6ccccc6-c6ccccc65)cc4)c(O)c3)c3ccccc3-c3ccccc32)cc1O. The van der Waals surface area contributed by atoms with E-state index in [-0.39, 0.29) is 28.9 Å². The van der Waals surface area contributed by atoms with Crippen LogP contribution in [0.25, 0.3) is 22.3 Å². The van der Waals surface area contributed by atoms with Gasteiger partial charge in [-0.2, -0.15) is 0 Å². The number of carbonyl (C=O) groups is 2. The summed E-state index contributed by atoms with van der Waals surface area (Å²) in [6.45, 7) is 1.57. The Kier molecular flexibility index (Phi) is 8.54. The van der Waals surface area contributed by atoms with E-state index < -0.39 is 10.8 Å². The van der Waals surface area contributed by atoms with Crippen LogP contribution in [0.2, 0.25) is 0 Å². The first-order valence-corrected chi connectivity index (χ1v) is 20.0.